The zero-order valence-electron chi connectivity index (χ0n) is 70.0. The number of nitrogens with one attached hydrogen (secondary N) is 8. The zero-order chi connectivity index (χ0) is 89.0. The monoisotopic (exact) mass is 1710 g/mol. The second-order valence-corrected chi connectivity index (χ2v) is 28.5. The summed E-state index contributed by atoms with van der Waals surface area (Å²) < 4.78 is 69.2. The van der Waals surface area contributed by atoms with Gasteiger partial charge in [0.1, 0.15) is 28.6 Å². The third kappa shape index (κ3) is 23.9. The van der Waals surface area contributed by atoms with Gasteiger partial charge in [-0.3, -0.25) is 38.7 Å². The summed E-state index contributed by atoms with van der Waals surface area (Å²) >= 11 is -0.750. The Morgan fingerprint density at radius 1 is 0.286 bits per heavy atom. The van der Waals surface area contributed by atoms with Crippen molar-refractivity contribution in [2.45, 2.75) is 81.6 Å². The molecule has 0 saturated heterocycles. The molecule has 0 radical (unpaired) electrons. The van der Waals surface area contributed by atoms with Gasteiger partial charge in [0, 0.05) is 185 Å². The Bertz CT molecular complexity index is 6140. The van der Waals surface area contributed by atoms with Crippen molar-refractivity contribution in [2.24, 2.45) is 0 Å². The second-order valence-electron chi connectivity index (χ2n) is 28.4. The van der Waals surface area contributed by atoms with Crippen LogP contribution in [0, 0.1) is 45.1 Å². The Labute approximate surface area is 729 Å². The lowest BCUT2D eigenvalue weighted by molar-refractivity contribution is 0.261. The van der Waals surface area contributed by atoms with Crippen molar-refractivity contribution in [2.75, 3.05) is 42.5 Å². The van der Waals surface area contributed by atoms with Gasteiger partial charge in [0.2, 0.25) is 0 Å². The van der Waals surface area contributed by atoms with Gasteiger partial charge >= 0.3 is 35.7 Å². The molecule has 8 aromatic carbocycles. The van der Waals surface area contributed by atoms with Gasteiger partial charge in [0.25, 0.3) is 0 Å². The average molecular weight is 1710 g/mol. The molecule has 16 aromatic rings. The summed E-state index contributed by atoms with van der Waals surface area (Å²) in [5.41, 5.74) is 20.2. The molecule has 8 N–H and O–H groups in total. The molecule has 0 atom stereocenters. The zero-order valence-corrected chi connectivity index (χ0v) is 70.8. The molecule has 126 heavy (non-hydrogen) atoms. The van der Waals surface area contributed by atoms with Crippen LogP contribution < -0.4 is 42.5 Å². The van der Waals surface area contributed by atoms with E-state index in [1.54, 1.807) is 132 Å². The lowest BCUT2D eigenvalue weighted by atomic mass is 10.0. The maximum Gasteiger partial charge on any atom is 0.335 e. The number of aryl methyl sites for hydroxylation is 8. The Morgan fingerprint density at radius 3 is 0.873 bits per heavy atom. The lowest BCUT2D eigenvalue weighted by Gasteiger charge is -2.11. The van der Waals surface area contributed by atoms with E-state index in [0.29, 0.717) is 76.0 Å². The van der Waals surface area contributed by atoms with Gasteiger partial charge < -0.3 is 42.5 Å². The highest BCUT2D eigenvalue weighted by atomic mass is 32.1. The maximum absolute atomic E-state index is 15.4. The first-order chi connectivity index (χ1) is 61.2. The number of hydrogen-bond donors (Lipinski definition) is 8. The lowest BCUT2D eigenvalue weighted by Crippen LogP contribution is -2.20. The van der Waals surface area contributed by atoms with Crippen molar-refractivity contribution < 1.29 is 40.8 Å². The predicted molar refractivity (Wildman–Crippen MR) is 490 cm³/mol. The number of pyridine rings is 4. The molecular formula is C96H89F3N20O6S. The number of hydrogen-bond acceptors (Lipinski definition) is 14. The number of amides is 8. The number of rotatable bonds is 20. The van der Waals surface area contributed by atoms with Crippen LogP contribution in [-0.2, 0) is 37.8 Å². The minimum absolute atomic E-state index is 0.0899. The SMILES string of the molecule is CCn1cc(-c2ccc(F)c(NC(=O)Nc3ccc(C)cc3)c2)c(-c2ccncc2)n1.CCn1cc(-c2cccc(NC(=O)Nc3ccc(C)cc3)c2)c(-c2ccncc2)n1.CCn1cc(-c2cccc(NC(=O)Nc3ccc(C)cc3)c2F)c(-c2ccncc2)n1.CCn1cc(-c2cccc(NC(=O)Nc3ccc(C)cc3)c2F)c(-c2ccncc2)n1.O=S=O. The summed E-state index contributed by atoms with van der Waals surface area (Å²) in [5, 5.41) is 40.3. The number of carbonyl (C=O) groups is 4. The molecule has 636 valence electrons. The van der Waals surface area contributed by atoms with Crippen LogP contribution >= 0.6 is 0 Å². The molecular weight excluding hydrogens is 1620 g/mol. The number of carbonyl (C=O) groups excluding carboxylic acids is 4. The Hall–Kier alpha value is -16.1. The van der Waals surface area contributed by atoms with Crippen molar-refractivity contribution in [3.63, 3.8) is 0 Å². The molecule has 30 heteroatoms. The van der Waals surface area contributed by atoms with Crippen LogP contribution in [0.3, 0.4) is 0 Å². The quantitative estimate of drug-likeness (QED) is 0.0352. The fourth-order valence-corrected chi connectivity index (χ4v) is 13.0. The van der Waals surface area contributed by atoms with Gasteiger partial charge in [0.05, 0.1) is 17.1 Å². The highest BCUT2D eigenvalue weighted by molar-refractivity contribution is 7.51. The molecule has 8 aromatic heterocycles. The molecule has 0 fully saturated rings. The van der Waals surface area contributed by atoms with Crippen LogP contribution in [0.5, 0.6) is 0 Å². The summed E-state index contributed by atoms with van der Waals surface area (Å²) in [6, 6.07) is 65.2. The number of halogens is 3. The number of urea groups is 4. The van der Waals surface area contributed by atoms with E-state index in [4.69, 9.17) is 13.5 Å². The van der Waals surface area contributed by atoms with E-state index < -0.39 is 47.1 Å². The van der Waals surface area contributed by atoms with E-state index in [-0.39, 0.29) is 23.1 Å². The van der Waals surface area contributed by atoms with Crippen molar-refractivity contribution >= 4 is 81.2 Å². The maximum atomic E-state index is 15.4. The minimum atomic E-state index is -0.750. The third-order valence-electron chi connectivity index (χ3n) is 19.4. The van der Waals surface area contributed by atoms with Crippen LogP contribution in [0.15, 0.2) is 299 Å². The highest BCUT2D eigenvalue weighted by Crippen LogP contribution is 2.39. The fraction of sp³-hybridized carbons (Fsp3) is 0.125. The molecule has 0 saturated carbocycles. The van der Waals surface area contributed by atoms with Gasteiger partial charge in [0.15, 0.2) is 11.6 Å². The third-order valence-corrected chi connectivity index (χ3v) is 19.4. The van der Waals surface area contributed by atoms with E-state index in [1.165, 1.54) is 18.2 Å². The van der Waals surface area contributed by atoms with Crippen LogP contribution in [-0.4, -0.2) is 91.6 Å². The Balaban J connectivity index is 0.000000151. The van der Waals surface area contributed by atoms with Crippen molar-refractivity contribution in [1.29, 1.82) is 0 Å². The van der Waals surface area contributed by atoms with Gasteiger partial charge in [-0.25, -0.2) is 32.3 Å². The summed E-state index contributed by atoms with van der Waals surface area (Å²) in [7, 11) is 0. The fourth-order valence-electron chi connectivity index (χ4n) is 13.0. The average Bonchev–Trinajstić information content (AvgIpc) is 1.62. The first-order valence-corrected chi connectivity index (χ1v) is 40.7. The number of nitrogens with zero attached hydrogens (tertiary/aromatic N) is 12. The van der Waals surface area contributed by atoms with Crippen LogP contribution in [0.4, 0.5) is 77.8 Å². The molecule has 0 bridgehead atoms. The second kappa shape index (κ2) is 43.4. The van der Waals surface area contributed by atoms with Gasteiger partial charge in [-0.15, -0.1) is 0 Å². The molecule has 8 amide bonds. The Morgan fingerprint density at radius 2 is 0.556 bits per heavy atom. The highest BCUT2D eigenvalue weighted by Gasteiger charge is 2.23. The first kappa shape index (κ1) is 89.2. The number of benzene rings is 8. The molecule has 0 unspecified atom stereocenters. The van der Waals surface area contributed by atoms with E-state index in [9.17, 15) is 23.6 Å². The van der Waals surface area contributed by atoms with Crippen LogP contribution in [0.1, 0.15) is 49.9 Å². The molecule has 0 aliphatic heterocycles. The largest absolute Gasteiger partial charge is 0.335 e. The van der Waals surface area contributed by atoms with E-state index in [0.717, 1.165) is 90.4 Å². The summed E-state index contributed by atoms with van der Waals surface area (Å²) in [6.45, 7) is 18.7. The molecule has 16 rings (SSSR count). The normalized spacial score (nSPS) is 10.5. The molecule has 0 spiro atoms. The van der Waals surface area contributed by atoms with Crippen molar-refractivity contribution in [1.82, 2.24) is 59.1 Å². The number of aromatic nitrogens is 12. The van der Waals surface area contributed by atoms with Crippen LogP contribution in [0.25, 0.3) is 89.5 Å². The van der Waals surface area contributed by atoms with Gasteiger partial charge in [-0.1, -0.05) is 113 Å². The standard InChI is InChI=1S/3C24H22FN5O.C24H23N5O.O2S/c1-3-30-15-20(23(29-30)17-10-12-26-13-11-17)18-6-9-21(25)22(14-18)28-24(31)27-19-7-4-16(2)5-8-19;2*1-3-30-15-20(23(29-30)17-11-13-26-14-12-17)19-5-4-6-21(22(19)25)28-24(31)27-18-9-7-16(2)8-10-18;1-3-29-16-22(23(28-29)18-11-13-25-14-12-18)19-5-4-6-21(15-19)27-24(30)26-20-9-7-17(2)8-10-20;1-3-2/h3*4-15H,3H2,1-2H3,(H2,27,28,31);4-16H,3H2,1-2H3,(H2,26,27,30);. The number of anilines is 8. The summed E-state index contributed by atoms with van der Waals surface area (Å²) in [6.07, 6.45) is 21.2. The van der Waals surface area contributed by atoms with E-state index >= 15 is 8.78 Å². The minimum Gasteiger partial charge on any atom is -0.308 e. The molecule has 8 heterocycles. The molecule has 26 nitrogen and oxygen atoms in total. The van der Waals surface area contributed by atoms with E-state index in [2.05, 4.69) is 84.7 Å². The molecule has 0 aliphatic rings. The van der Waals surface area contributed by atoms with Crippen molar-refractivity contribution in [3.05, 3.63) is 339 Å². The van der Waals surface area contributed by atoms with Crippen LogP contribution in [0.2, 0.25) is 0 Å². The smallest absolute Gasteiger partial charge is 0.308 e. The Kier molecular flexibility index (Phi) is 30.7. The van der Waals surface area contributed by atoms with Gasteiger partial charge in [-0.2, -0.15) is 28.8 Å². The predicted octanol–water partition coefficient (Wildman–Crippen LogP) is 22.1. The van der Waals surface area contributed by atoms with Gasteiger partial charge in [-0.05, 0) is 200 Å². The summed E-state index contributed by atoms with van der Waals surface area (Å²) in [5.74, 6) is -1.56. The topological polar surface area (TPSA) is 321 Å². The summed E-state index contributed by atoms with van der Waals surface area (Å²) in [4.78, 5) is 65.8. The van der Waals surface area contributed by atoms with E-state index in [1.807, 2.05) is 216 Å². The first-order valence-electron chi connectivity index (χ1n) is 40.1. The molecule has 0 aliphatic carbocycles. The van der Waals surface area contributed by atoms with Crippen molar-refractivity contribution in [3.8, 4) is 89.5 Å².